The average Bonchev–Trinajstić information content (AvgIpc) is 2.93. The van der Waals surface area contributed by atoms with Crippen molar-refractivity contribution in [3.8, 4) is 6.07 Å². The number of rotatable bonds is 3. The van der Waals surface area contributed by atoms with Gasteiger partial charge in [-0.15, -0.1) is 0 Å². The summed E-state index contributed by atoms with van der Waals surface area (Å²) < 4.78 is 0. The maximum Gasteiger partial charge on any atom is 0.101 e. The number of hydrogen-bond donors (Lipinski definition) is 0. The van der Waals surface area contributed by atoms with Crippen LogP contribution in [0.25, 0.3) is 0 Å². The van der Waals surface area contributed by atoms with Crippen molar-refractivity contribution in [2.45, 2.75) is 56.9 Å². The molecule has 0 fully saturated rings. The molecule has 0 N–H and O–H groups in total. The molecule has 4 aliphatic rings. The third-order valence-corrected chi connectivity index (χ3v) is 8.62. The molecule has 1 aromatic carbocycles. The van der Waals surface area contributed by atoms with Gasteiger partial charge in [-0.25, -0.2) is 0 Å². The van der Waals surface area contributed by atoms with E-state index >= 15 is 0 Å². The lowest BCUT2D eigenvalue weighted by Gasteiger charge is -2.51. The van der Waals surface area contributed by atoms with E-state index in [1.54, 1.807) is 6.20 Å². The molecule has 3 aliphatic carbocycles. The summed E-state index contributed by atoms with van der Waals surface area (Å²) in [6, 6.07) is 15.4. The Morgan fingerprint density at radius 2 is 1.78 bits per heavy atom. The van der Waals surface area contributed by atoms with Crippen molar-refractivity contribution in [3.05, 3.63) is 119 Å². The van der Waals surface area contributed by atoms with Crippen LogP contribution in [-0.2, 0) is 5.41 Å². The van der Waals surface area contributed by atoms with Crippen molar-refractivity contribution in [2.24, 2.45) is 11.8 Å². The van der Waals surface area contributed by atoms with Crippen molar-refractivity contribution in [2.75, 3.05) is 4.90 Å². The van der Waals surface area contributed by atoms with Gasteiger partial charge in [-0.1, -0.05) is 74.6 Å². The van der Waals surface area contributed by atoms with Gasteiger partial charge in [-0.2, -0.15) is 5.26 Å². The zero-order chi connectivity index (χ0) is 24.7. The first kappa shape index (κ1) is 22.8. The lowest BCUT2D eigenvalue weighted by Crippen LogP contribution is -2.51. The highest BCUT2D eigenvalue weighted by Gasteiger charge is 2.45. The number of hydrogen-bond acceptors (Lipinski definition) is 3. The van der Waals surface area contributed by atoms with Crippen LogP contribution in [0.5, 0.6) is 0 Å². The fraction of sp³-hybridized carbons (Fsp3) is 0.333. The number of aromatic nitrogens is 1. The van der Waals surface area contributed by atoms with Gasteiger partial charge in [-0.3, -0.25) is 4.98 Å². The summed E-state index contributed by atoms with van der Waals surface area (Å²) in [6.45, 7) is 4.79. The van der Waals surface area contributed by atoms with Gasteiger partial charge in [-0.05, 0) is 61.1 Å². The van der Waals surface area contributed by atoms with Crippen LogP contribution in [0.4, 0.5) is 5.69 Å². The van der Waals surface area contributed by atoms with Crippen molar-refractivity contribution in [1.29, 1.82) is 5.26 Å². The number of anilines is 1. The SMILES string of the molecule is CC1(C)c2ccccc2N(C2=CC(C3C=CC(c4ncccc4C#N)CC3)=CCC2)C2C=CC=CC21. The van der Waals surface area contributed by atoms with Crippen LogP contribution >= 0.6 is 0 Å². The smallest absolute Gasteiger partial charge is 0.101 e. The first-order valence-corrected chi connectivity index (χ1v) is 13.3. The van der Waals surface area contributed by atoms with Gasteiger partial charge >= 0.3 is 0 Å². The molecule has 4 atom stereocenters. The quantitative estimate of drug-likeness (QED) is 0.435. The second kappa shape index (κ2) is 9.10. The normalized spacial score (nSPS) is 28.0. The van der Waals surface area contributed by atoms with Crippen LogP contribution in [0.1, 0.15) is 62.3 Å². The molecule has 3 heteroatoms. The summed E-state index contributed by atoms with van der Waals surface area (Å²) in [6.07, 6.45) is 24.8. The molecule has 0 radical (unpaired) electrons. The van der Waals surface area contributed by atoms with Crippen LogP contribution in [0.2, 0.25) is 0 Å². The Kier molecular flexibility index (Phi) is 5.76. The minimum Gasteiger partial charge on any atom is -0.337 e. The summed E-state index contributed by atoms with van der Waals surface area (Å²) in [5, 5.41) is 9.50. The number of allylic oxidation sites excluding steroid dienone is 8. The lowest BCUT2D eigenvalue weighted by molar-refractivity contribution is 0.326. The van der Waals surface area contributed by atoms with Gasteiger partial charge in [0.2, 0.25) is 0 Å². The number of nitriles is 1. The molecule has 180 valence electrons. The molecule has 36 heavy (non-hydrogen) atoms. The number of benzene rings is 1. The van der Waals surface area contributed by atoms with Gasteiger partial charge in [0.1, 0.15) is 6.07 Å². The third kappa shape index (κ3) is 3.77. The van der Waals surface area contributed by atoms with Gasteiger partial charge in [0.15, 0.2) is 0 Å². The highest BCUT2D eigenvalue weighted by atomic mass is 15.2. The van der Waals surface area contributed by atoms with Crippen molar-refractivity contribution >= 4 is 5.69 Å². The fourth-order valence-corrected chi connectivity index (χ4v) is 6.72. The monoisotopic (exact) mass is 471 g/mol. The maximum absolute atomic E-state index is 9.50. The van der Waals surface area contributed by atoms with Crippen LogP contribution in [0, 0.1) is 23.2 Å². The lowest BCUT2D eigenvalue weighted by atomic mass is 9.65. The van der Waals surface area contributed by atoms with E-state index < -0.39 is 0 Å². The minimum absolute atomic E-state index is 0.0851. The zero-order valence-corrected chi connectivity index (χ0v) is 21.1. The van der Waals surface area contributed by atoms with Crippen molar-refractivity contribution < 1.29 is 0 Å². The molecule has 6 rings (SSSR count). The van der Waals surface area contributed by atoms with Gasteiger partial charge in [0, 0.05) is 40.7 Å². The first-order chi connectivity index (χ1) is 17.6. The van der Waals surface area contributed by atoms with E-state index in [1.807, 2.05) is 12.1 Å². The summed E-state index contributed by atoms with van der Waals surface area (Å²) in [5.41, 5.74) is 7.35. The Morgan fingerprint density at radius 3 is 2.61 bits per heavy atom. The molecule has 2 heterocycles. The average molecular weight is 472 g/mol. The molecule has 0 saturated carbocycles. The standard InChI is InChI=1S/C33H33N3/c1-33(2)28-12-3-5-14-30(28)36(31-15-6-4-13-29(31)33)27-11-7-9-25(21-27)23-16-18-24(19-17-23)32-26(22-34)10-8-20-35-32/h3-6,8-10,12-16,18,20-21,23-24,28,30H,7,11,17,19H2,1-2H3. The van der Waals surface area contributed by atoms with E-state index in [2.05, 4.69) is 103 Å². The van der Waals surface area contributed by atoms with Crippen LogP contribution < -0.4 is 4.90 Å². The third-order valence-electron chi connectivity index (χ3n) is 8.62. The zero-order valence-electron chi connectivity index (χ0n) is 21.1. The van der Waals surface area contributed by atoms with E-state index in [9.17, 15) is 5.26 Å². The molecule has 0 spiro atoms. The van der Waals surface area contributed by atoms with Crippen molar-refractivity contribution in [3.63, 3.8) is 0 Å². The van der Waals surface area contributed by atoms with Crippen LogP contribution in [0.3, 0.4) is 0 Å². The Labute approximate surface area is 214 Å². The number of para-hydroxylation sites is 1. The van der Waals surface area contributed by atoms with E-state index in [1.165, 1.54) is 22.5 Å². The van der Waals surface area contributed by atoms with Crippen molar-refractivity contribution in [1.82, 2.24) is 4.98 Å². The topological polar surface area (TPSA) is 39.9 Å². The second-order valence-corrected chi connectivity index (χ2v) is 11.0. The largest absolute Gasteiger partial charge is 0.337 e. The molecular formula is C33H33N3. The Morgan fingerprint density at radius 1 is 0.972 bits per heavy atom. The molecule has 4 unspecified atom stereocenters. The van der Waals surface area contributed by atoms with Gasteiger partial charge in [0.25, 0.3) is 0 Å². The van der Waals surface area contributed by atoms with E-state index in [4.69, 9.17) is 0 Å². The highest BCUT2D eigenvalue weighted by molar-refractivity contribution is 5.67. The van der Waals surface area contributed by atoms with Gasteiger partial charge < -0.3 is 4.90 Å². The van der Waals surface area contributed by atoms with E-state index in [-0.39, 0.29) is 11.3 Å². The van der Waals surface area contributed by atoms with E-state index in [0.29, 0.717) is 23.4 Å². The molecule has 0 saturated heterocycles. The molecule has 0 bridgehead atoms. The molecule has 1 aliphatic heterocycles. The van der Waals surface area contributed by atoms with Crippen LogP contribution in [0.15, 0.2) is 102 Å². The maximum atomic E-state index is 9.50. The Bertz CT molecular complexity index is 1360. The summed E-state index contributed by atoms with van der Waals surface area (Å²) in [4.78, 5) is 7.16. The Balaban J connectivity index is 1.31. The molecule has 0 amide bonds. The first-order valence-electron chi connectivity index (χ1n) is 13.3. The number of fused-ring (bicyclic) bond motifs is 2. The molecule has 2 aromatic rings. The summed E-state index contributed by atoms with van der Waals surface area (Å²) in [7, 11) is 0. The fourth-order valence-electron chi connectivity index (χ4n) is 6.72. The second-order valence-electron chi connectivity index (χ2n) is 11.0. The highest BCUT2D eigenvalue weighted by Crippen LogP contribution is 2.50. The predicted molar refractivity (Wildman–Crippen MR) is 146 cm³/mol. The summed E-state index contributed by atoms with van der Waals surface area (Å²) >= 11 is 0. The van der Waals surface area contributed by atoms with Gasteiger partial charge in [0.05, 0.1) is 17.3 Å². The number of nitrogens with zero attached hydrogens (tertiary/aromatic N) is 3. The molecular weight excluding hydrogens is 438 g/mol. The molecule has 1 aromatic heterocycles. The van der Waals surface area contributed by atoms with E-state index in [0.717, 1.165) is 31.4 Å². The number of pyridine rings is 1. The summed E-state index contributed by atoms with van der Waals surface area (Å²) in [5.74, 6) is 1.08. The predicted octanol–water partition coefficient (Wildman–Crippen LogP) is 7.52. The van der Waals surface area contributed by atoms with Crippen LogP contribution in [-0.4, -0.2) is 11.0 Å². The Hall–Kier alpha value is -3.64. The molecule has 3 nitrogen and oxygen atoms in total. The minimum atomic E-state index is 0.0851.